The van der Waals surface area contributed by atoms with Crippen molar-refractivity contribution in [2.45, 2.75) is 27.2 Å². The van der Waals surface area contributed by atoms with Gasteiger partial charge in [0, 0.05) is 18.8 Å². The Kier molecular flexibility index (Phi) is 5.36. The lowest BCUT2D eigenvalue weighted by Crippen LogP contribution is -2.23. The minimum Gasteiger partial charge on any atom is -0.305 e. The van der Waals surface area contributed by atoms with Gasteiger partial charge in [-0.2, -0.15) is 12.6 Å². The Bertz CT molecular complexity index is 347. The quantitative estimate of drug-likeness (QED) is 0.771. The van der Waals surface area contributed by atoms with E-state index in [1.54, 1.807) is 0 Å². The zero-order valence-electron chi connectivity index (χ0n) is 10.9. The largest absolute Gasteiger partial charge is 0.305 e. The van der Waals surface area contributed by atoms with Crippen molar-refractivity contribution < 1.29 is 0 Å². The Labute approximate surface area is 105 Å². The summed E-state index contributed by atoms with van der Waals surface area (Å²) < 4.78 is 0. The van der Waals surface area contributed by atoms with Gasteiger partial charge in [-0.1, -0.05) is 12.1 Å². The van der Waals surface area contributed by atoms with Crippen molar-refractivity contribution in [3.63, 3.8) is 0 Å². The predicted octanol–water partition coefficient (Wildman–Crippen LogP) is 3.02. The zero-order valence-corrected chi connectivity index (χ0v) is 11.8. The third kappa shape index (κ3) is 3.84. The summed E-state index contributed by atoms with van der Waals surface area (Å²) in [5, 5.41) is 0. The topological polar surface area (TPSA) is 3.24 Å². The fourth-order valence-corrected chi connectivity index (χ4v) is 2.22. The Morgan fingerprint density at radius 3 is 2.25 bits per heavy atom. The summed E-state index contributed by atoms with van der Waals surface area (Å²) in [7, 11) is 2.16. The first-order valence-corrected chi connectivity index (χ1v) is 6.54. The van der Waals surface area contributed by atoms with Crippen molar-refractivity contribution in [3.8, 4) is 0 Å². The molecule has 0 aliphatic carbocycles. The van der Waals surface area contributed by atoms with Gasteiger partial charge in [0.25, 0.3) is 0 Å². The van der Waals surface area contributed by atoms with Crippen LogP contribution in [0, 0.1) is 20.8 Å². The standard InChI is InChI=1S/C14H23NS/c1-11-9-13(3)14(10-12(11)2)5-6-15(4)7-8-16/h9-10,16H,5-8H2,1-4H3. The van der Waals surface area contributed by atoms with Crippen LogP contribution in [0.2, 0.25) is 0 Å². The number of benzene rings is 1. The smallest absolute Gasteiger partial charge is 0.00669 e. The van der Waals surface area contributed by atoms with Gasteiger partial charge in [-0.25, -0.2) is 0 Å². The van der Waals surface area contributed by atoms with Gasteiger partial charge in [-0.3, -0.25) is 0 Å². The molecule has 1 nitrogen and oxygen atoms in total. The number of thiol groups is 1. The summed E-state index contributed by atoms with van der Waals surface area (Å²) >= 11 is 4.25. The van der Waals surface area contributed by atoms with E-state index in [1.807, 2.05) is 0 Å². The molecule has 0 bridgehead atoms. The van der Waals surface area contributed by atoms with Gasteiger partial charge in [-0.15, -0.1) is 0 Å². The van der Waals surface area contributed by atoms with E-state index >= 15 is 0 Å². The molecule has 0 heterocycles. The first-order valence-electron chi connectivity index (χ1n) is 5.90. The van der Waals surface area contributed by atoms with Crippen molar-refractivity contribution in [1.82, 2.24) is 4.90 Å². The fraction of sp³-hybridized carbons (Fsp3) is 0.571. The molecule has 0 fully saturated rings. The van der Waals surface area contributed by atoms with E-state index in [0.717, 1.165) is 25.3 Å². The number of aryl methyl sites for hydroxylation is 3. The van der Waals surface area contributed by atoms with E-state index in [0.29, 0.717) is 0 Å². The molecule has 0 aromatic heterocycles. The summed E-state index contributed by atoms with van der Waals surface area (Å²) in [6, 6.07) is 4.63. The molecular weight excluding hydrogens is 214 g/mol. The number of rotatable bonds is 5. The molecular formula is C14H23NS. The number of likely N-dealkylation sites (N-methyl/N-ethyl adjacent to an activating group) is 1. The highest BCUT2D eigenvalue weighted by Crippen LogP contribution is 2.15. The number of hydrogen-bond acceptors (Lipinski definition) is 2. The molecule has 0 saturated heterocycles. The van der Waals surface area contributed by atoms with Gasteiger partial charge < -0.3 is 4.90 Å². The van der Waals surface area contributed by atoms with E-state index in [4.69, 9.17) is 0 Å². The van der Waals surface area contributed by atoms with Crippen LogP contribution in [-0.2, 0) is 6.42 Å². The number of nitrogens with zero attached hydrogens (tertiary/aromatic N) is 1. The predicted molar refractivity (Wildman–Crippen MR) is 75.7 cm³/mol. The molecule has 1 aromatic carbocycles. The Hall–Kier alpha value is -0.470. The first kappa shape index (κ1) is 13.6. The van der Waals surface area contributed by atoms with Crippen LogP contribution in [0.5, 0.6) is 0 Å². The maximum absolute atomic E-state index is 4.25. The second-order valence-electron chi connectivity index (χ2n) is 4.64. The molecule has 0 amide bonds. The summed E-state index contributed by atoms with van der Waals surface area (Å²) in [5.41, 5.74) is 5.69. The third-order valence-electron chi connectivity index (χ3n) is 3.20. The van der Waals surface area contributed by atoms with Gasteiger partial charge in [0.15, 0.2) is 0 Å². The van der Waals surface area contributed by atoms with Crippen LogP contribution in [0.4, 0.5) is 0 Å². The Morgan fingerprint density at radius 1 is 1.00 bits per heavy atom. The van der Waals surface area contributed by atoms with Crippen LogP contribution in [-0.4, -0.2) is 30.8 Å². The summed E-state index contributed by atoms with van der Waals surface area (Å²) in [6.45, 7) is 8.76. The Balaban J connectivity index is 2.63. The highest BCUT2D eigenvalue weighted by molar-refractivity contribution is 7.80. The molecule has 90 valence electrons. The third-order valence-corrected chi connectivity index (χ3v) is 3.40. The lowest BCUT2D eigenvalue weighted by atomic mass is 9.99. The maximum atomic E-state index is 4.25. The van der Waals surface area contributed by atoms with Crippen LogP contribution in [0.15, 0.2) is 12.1 Å². The molecule has 16 heavy (non-hydrogen) atoms. The average molecular weight is 237 g/mol. The van der Waals surface area contributed by atoms with Crippen molar-refractivity contribution in [2.75, 3.05) is 25.9 Å². The molecule has 0 aliphatic heterocycles. The van der Waals surface area contributed by atoms with Crippen LogP contribution < -0.4 is 0 Å². The van der Waals surface area contributed by atoms with Gasteiger partial charge in [0.2, 0.25) is 0 Å². The van der Waals surface area contributed by atoms with E-state index in [9.17, 15) is 0 Å². The molecule has 0 aliphatic rings. The molecule has 2 heteroatoms. The number of hydrogen-bond donors (Lipinski definition) is 1. The van der Waals surface area contributed by atoms with Crippen molar-refractivity contribution in [2.24, 2.45) is 0 Å². The van der Waals surface area contributed by atoms with E-state index in [2.05, 4.69) is 57.5 Å². The zero-order chi connectivity index (χ0) is 12.1. The Morgan fingerprint density at radius 2 is 1.62 bits per heavy atom. The van der Waals surface area contributed by atoms with Crippen LogP contribution in [0.3, 0.4) is 0 Å². The minimum atomic E-state index is 0.933. The van der Waals surface area contributed by atoms with Crippen LogP contribution in [0.25, 0.3) is 0 Å². The summed E-state index contributed by atoms with van der Waals surface area (Å²) in [5.74, 6) is 0.933. The molecule has 0 spiro atoms. The van der Waals surface area contributed by atoms with E-state index < -0.39 is 0 Å². The van der Waals surface area contributed by atoms with Gasteiger partial charge in [-0.05, 0) is 56.5 Å². The lowest BCUT2D eigenvalue weighted by molar-refractivity contribution is 0.360. The normalized spacial score (nSPS) is 11.1. The highest BCUT2D eigenvalue weighted by atomic mass is 32.1. The molecule has 1 aromatic rings. The molecule has 1 rings (SSSR count). The van der Waals surface area contributed by atoms with Gasteiger partial charge >= 0.3 is 0 Å². The average Bonchev–Trinajstić information content (AvgIpc) is 2.22. The molecule has 0 radical (unpaired) electrons. The molecule has 0 saturated carbocycles. The monoisotopic (exact) mass is 237 g/mol. The second kappa shape index (κ2) is 6.31. The maximum Gasteiger partial charge on any atom is 0.00669 e. The molecule has 0 unspecified atom stereocenters. The minimum absolute atomic E-state index is 0.933. The van der Waals surface area contributed by atoms with Crippen molar-refractivity contribution >= 4 is 12.6 Å². The fourth-order valence-electron chi connectivity index (χ4n) is 1.88. The summed E-state index contributed by atoms with van der Waals surface area (Å²) in [6.07, 6.45) is 1.14. The molecule has 0 N–H and O–H groups in total. The van der Waals surface area contributed by atoms with Crippen molar-refractivity contribution in [3.05, 3.63) is 34.4 Å². The van der Waals surface area contributed by atoms with E-state index in [1.165, 1.54) is 22.3 Å². The highest BCUT2D eigenvalue weighted by Gasteiger charge is 2.03. The second-order valence-corrected chi connectivity index (χ2v) is 5.09. The lowest BCUT2D eigenvalue weighted by Gasteiger charge is -2.16. The van der Waals surface area contributed by atoms with Gasteiger partial charge in [0.1, 0.15) is 0 Å². The van der Waals surface area contributed by atoms with Crippen LogP contribution in [0.1, 0.15) is 22.3 Å². The van der Waals surface area contributed by atoms with Crippen molar-refractivity contribution in [1.29, 1.82) is 0 Å². The molecule has 0 atom stereocenters. The summed E-state index contributed by atoms with van der Waals surface area (Å²) in [4.78, 5) is 2.33. The van der Waals surface area contributed by atoms with E-state index in [-0.39, 0.29) is 0 Å². The SMILES string of the molecule is Cc1cc(C)c(CCN(C)CCS)cc1C. The first-order chi connectivity index (χ1) is 7.54. The van der Waals surface area contributed by atoms with Crippen LogP contribution >= 0.6 is 12.6 Å². The van der Waals surface area contributed by atoms with Gasteiger partial charge in [0.05, 0.1) is 0 Å².